The molecule has 1 heteroatoms. The third-order valence-electron chi connectivity index (χ3n) is 5.02. The molecular formula is C14H24O. The number of aliphatic hydroxyl groups is 1. The van der Waals surface area contributed by atoms with Gasteiger partial charge in [0.15, 0.2) is 0 Å². The summed E-state index contributed by atoms with van der Waals surface area (Å²) in [6, 6.07) is 0. The van der Waals surface area contributed by atoms with Gasteiger partial charge in [-0.1, -0.05) is 25.5 Å². The number of allylic oxidation sites excluding steroid dienone is 1. The molecule has 0 aromatic carbocycles. The van der Waals surface area contributed by atoms with Crippen LogP contribution in [-0.4, -0.2) is 11.7 Å². The van der Waals surface area contributed by atoms with E-state index in [1.807, 2.05) is 6.92 Å². The van der Waals surface area contributed by atoms with Crippen molar-refractivity contribution < 1.29 is 5.11 Å². The lowest BCUT2D eigenvalue weighted by atomic mass is 9.67. The summed E-state index contributed by atoms with van der Waals surface area (Å²) in [6.45, 7) is 7.15. The molecule has 3 atom stereocenters. The Hall–Kier alpha value is -0.300. The van der Waals surface area contributed by atoms with Crippen molar-refractivity contribution in [3.63, 3.8) is 0 Å². The van der Waals surface area contributed by atoms with Gasteiger partial charge in [0.25, 0.3) is 0 Å². The van der Waals surface area contributed by atoms with Crippen molar-refractivity contribution >= 4 is 0 Å². The maximum Gasteiger partial charge on any atom is 0.0639 e. The lowest BCUT2D eigenvalue weighted by Crippen LogP contribution is -2.30. The van der Waals surface area contributed by atoms with E-state index in [1.54, 1.807) is 0 Å². The molecule has 2 bridgehead atoms. The molecule has 0 aliphatic heterocycles. The predicted molar refractivity (Wildman–Crippen MR) is 63.6 cm³/mol. The maximum atomic E-state index is 9.00. The fraction of sp³-hybridized carbons (Fsp3) is 0.857. The molecular weight excluding hydrogens is 184 g/mol. The largest absolute Gasteiger partial charge is 0.392 e. The highest BCUT2D eigenvalue weighted by atomic mass is 16.3. The highest BCUT2D eigenvalue weighted by molar-refractivity contribution is 5.06. The first kappa shape index (κ1) is 11.2. The zero-order chi connectivity index (χ0) is 11.1. The van der Waals surface area contributed by atoms with Crippen LogP contribution in [0.4, 0.5) is 0 Å². The van der Waals surface area contributed by atoms with Crippen molar-refractivity contribution in [2.75, 3.05) is 6.61 Å². The van der Waals surface area contributed by atoms with Gasteiger partial charge in [-0.3, -0.25) is 0 Å². The number of rotatable bonds is 3. The SMILES string of the molecule is CC(=CCC1C2CCC(C2)C1(C)C)CO. The Morgan fingerprint density at radius 2 is 2.13 bits per heavy atom. The molecule has 0 radical (unpaired) electrons. The van der Waals surface area contributed by atoms with Crippen molar-refractivity contribution in [2.24, 2.45) is 23.2 Å². The predicted octanol–water partition coefficient (Wildman–Crippen LogP) is 3.39. The molecule has 0 aromatic heterocycles. The van der Waals surface area contributed by atoms with Crippen molar-refractivity contribution in [1.29, 1.82) is 0 Å². The second kappa shape index (κ2) is 3.93. The number of hydrogen-bond donors (Lipinski definition) is 1. The fourth-order valence-corrected chi connectivity index (χ4v) is 3.86. The van der Waals surface area contributed by atoms with Crippen LogP contribution in [0.5, 0.6) is 0 Å². The van der Waals surface area contributed by atoms with Crippen LogP contribution in [0.1, 0.15) is 46.5 Å². The standard InChI is InChI=1S/C14H24O/c1-10(9-15)4-7-13-11-5-6-12(8-11)14(13,2)3/h4,11-13,15H,5-9H2,1-3H3. The Labute approximate surface area is 93.6 Å². The topological polar surface area (TPSA) is 20.2 Å². The van der Waals surface area contributed by atoms with E-state index >= 15 is 0 Å². The van der Waals surface area contributed by atoms with E-state index in [0.29, 0.717) is 5.41 Å². The number of hydrogen-bond acceptors (Lipinski definition) is 1. The number of fused-ring (bicyclic) bond motifs is 2. The summed E-state index contributed by atoms with van der Waals surface area (Å²) < 4.78 is 0. The van der Waals surface area contributed by atoms with Gasteiger partial charge in [-0.05, 0) is 55.8 Å². The molecule has 1 nitrogen and oxygen atoms in total. The van der Waals surface area contributed by atoms with Crippen LogP contribution in [0.2, 0.25) is 0 Å². The van der Waals surface area contributed by atoms with Crippen LogP contribution in [0.25, 0.3) is 0 Å². The van der Waals surface area contributed by atoms with Gasteiger partial charge in [-0.15, -0.1) is 0 Å². The fourth-order valence-electron chi connectivity index (χ4n) is 3.86. The number of aliphatic hydroxyl groups excluding tert-OH is 1. The van der Waals surface area contributed by atoms with E-state index in [-0.39, 0.29) is 6.61 Å². The first-order valence-corrected chi connectivity index (χ1v) is 6.32. The van der Waals surface area contributed by atoms with Gasteiger partial charge in [0.2, 0.25) is 0 Å². The Morgan fingerprint density at radius 3 is 2.67 bits per heavy atom. The average Bonchev–Trinajstić information content (AvgIpc) is 2.74. The van der Waals surface area contributed by atoms with E-state index < -0.39 is 0 Å². The lowest BCUT2D eigenvalue weighted by molar-refractivity contribution is 0.124. The molecule has 2 fully saturated rings. The Morgan fingerprint density at radius 1 is 1.40 bits per heavy atom. The Balaban J connectivity index is 2.03. The molecule has 2 aliphatic carbocycles. The summed E-state index contributed by atoms with van der Waals surface area (Å²) in [4.78, 5) is 0. The van der Waals surface area contributed by atoms with E-state index in [0.717, 1.165) is 23.3 Å². The van der Waals surface area contributed by atoms with Crippen molar-refractivity contribution in [2.45, 2.75) is 46.5 Å². The van der Waals surface area contributed by atoms with Gasteiger partial charge >= 0.3 is 0 Å². The van der Waals surface area contributed by atoms with E-state index in [4.69, 9.17) is 5.11 Å². The van der Waals surface area contributed by atoms with E-state index in [9.17, 15) is 0 Å². The summed E-state index contributed by atoms with van der Waals surface area (Å²) in [7, 11) is 0. The summed E-state index contributed by atoms with van der Waals surface area (Å²) in [6.07, 6.45) is 7.80. The van der Waals surface area contributed by atoms with Crippen molar-refractivity contribution in [3.05, 3.63) is 11.6 Å². The minimum atomic E-state index is 0.223. The highest BCUT2D eigenvalue weighted by Crippen LogP contribution is 2.60. The van der Waals surface area contributed by atoms with Crippen molar-refractivity contribution in [3.8, 4) is 0 Å². The van der Waals surface area contributed by atoms with Gasteiger partial charge in [0, 0.05) is 0 Å². The molecule has 0 aromatic rings. The van der Waals surface area contributed by atoms with Gasteiger partial charge in [0.1, 0.15) is 0 Å². The molecule has 2 aliphatic rings. The summed E-state index contributed by atoms with van der Waals surface area (Å²) in [5, 5.41) is 9.00. The monoisotopic (exact) mass is 208 g/mol. The molecule has 0 spiro atoms. The molecule has 2 saturated carbocycles. The minimum absolute atomic E-state index is 0.223. The van der Waals surface area contributed by atoms with Gasteiger partial charge in [-0.2, -0.15) is 0 Å². The highest BCUT2D eigenvalue weighted by Gasteiger charge is 2.51. The van der Waals surface area contributed by atoms with Crippen LogP contribution in [0.3, 0.4) is 0 Å². The normalized spacial score (nSPS) is 38.7. The Bertz CT molecular complexity index is 265. The minimum Gasteiger partial charge on any atom is -0.392 e. The smallest absolute Gasteiger partial charge is 0.0639 e. The quantitative estimate of drug-likeness (QED) is 0.705. The molecule has 3 unspecified atom stereocenters. The van der Waals surface area contributed by atoms with Gasteiger partial charge in [-0.25, -0.2) is 0 Å². The van der Waals surface area contributed by atoms with Crippen LogP contribution in [-0.2, 0) is 0 Å². The van der Waals surface area contributed by atoms with Crippen LogP contribution >= 0.6 is 0 Å². The average molecular weight is 208 g/mol. The van der Waals surface area contributed by atoms with Gasteiger partial charge < -0.3 is 5.11 Å². The lowest BCUT2D eigenvalue weighted by Gasteiger charge is -2.38. The first-order chi connectivity index (χ1) is 7.05. The first-order valence-electron chi connectivity index (χ1n) is 6.32. The van der Waals surface area contributed by atoms with Gasteiger partial charge in [0.05, 0.1) is 6.61 Å². The molecule has 86 valence electrons. The van der Waals surface area contributed by atoms with E-state index in [1.165, 1.54) is 25.7 Å². The molecule has 0 heterocycles. The zero-order valence-electron chi connectivity index (χ0n) is 10.3. The third kappa shape index (κ3) is 1.87. The maximum absolute atomic E-state index is 9.00. The molecule has 0 saturated heterocycles. The molecule has 2 rings (SSSR count). The third-order valence-corrected chi connectivity index (χ3v) is 5.02. The molecule has 1 N–H and O–H groups in total. The summed E-state index contributed by atoms with van der Waals surface area (Å²) in [5.41, 5.74) is 1.67. The molecule has 0 amide bonds. The van der Waals surface area contributed by atoms with Crippen LogP contribution in [0.15, 0.2) is 11.6 Å². The summed E-state index contributed by atoms with van der Waals surface area (Å²) >= 11 is 0. The van der Waals surface area contributed by atoms with E-state index in [2.05, 4.69) is 19.9 Å². The second-order valence-corrected chi connectivity index (χ2v) is 6.14. The Kier molecular flexibility index (Phi) is 2.94. The van der Waals surface area contributed by atoms with Crippen molar-refractivity contribution in [1.82, 2.24) is 0 Å². The molecule has 15 heavy (non-hydrogen) atoms. The van der Waals surface area contributed by atoms with Crippen LogP contribution < -0.4 is 0 Å². The summed E-state index contributed by atoms with van der Waals surface area (Å²) in [5.74, 6) is 2.79. The zero-order valence-corrected chi connectivity index (χ0v) is 10.3. The van der Waals surface area contributed by atoms with Crippen LogP contribution in [0, 0.1) is 23.2 Å². The second-order valence-electron chi connectivity index (χ2n) is 6.14.